The summed E-state index contributed by atoms with van der Waals surface area (Å²) in [6, 6.07) is 14.4. The molecule has 1 amide bonds. The number of amides is 1. The molecular weight excluding hydrogens is 426 g/mol. The first kappa shape index (κ1) is 21.3. The zero-order valence-corrected chi connectivity index (χ0v) is 16.3. The first-order valence-corrected chi connectivity index (χ1v) is 8.97. The Bertz CT molecular complexity index is 1270. The maximum absolute atomic E-state index is 12.4. The van der Waals surface area contributed by atoms with Crippen LogP contribution in [0, 0.1) is 21.4 Å². The number of hydrogen-bond acceptors (Lipinski definition) is 6. The molecule has 0 spiro atoms. The summed E-state index contributed by atoms with van der Waals surface area (Å²) in [5.74, 6) is -1.84. The number of hydrogen-bond donors (Lipinski definition) is 2. The number of nitro groups is 1. The van der Waals surface area contributed by atoms with Crippen LogP contribution in [0.15, 0.2) is 64.6 Å². The Hall–Kier alpha value is -4.42. The smallest absolute Gasteiger partial charge is 0.337 e. The Labute approximate surface area is 179 Å². The summed E-state index contributed by atoms with van der Waals surface area (Å²) >= 11 is 5.81. The Balaban J connectivity index is 1.89. The molecule has 1 heterocycles. The van der Waals surface area contributed by atoms with Crippen LogP contribution in [0.4, 0.5) is 11.4 Å². The van der Waals surface area contributed by atoms with Gasteiger partial charge in [-0.3, -0.25) is 14.9 Å². The predicted octanol–water partition coefficient (Wildman–Crippen LogP) is 4.75. The van der Waals surface area contributed by atoms with Crippen molar-refractivity contribution in [2.75, 3.05) is 5.32 Å². The van der Waals surface area contributed by atoms with E-state index in [-0.39, 0.29) is 44.6 Å². The lowest BCUT2D eigenvalue weighted by atomic mass is 10.1. The third-order valence-corrected chi connectivity index (χ3v) is 4.34. The van der Waals surface area contributed by atoms with Crippen LogP contribution in [-0.4, -0.2) is 21.9 Å². The minimum Gasteiger partial charge on any atom is -0.478 e. The van der Waals surface area contributed by atoms with Crippen molar-refractivity contribution < 1.29 is 24.0 Å². The number of carbonyl (C=O) groups excluding carboxylic acids is 1. The SMILES string of the molecule is N#CC(=Cc1ccc(-c2ccc(Cl)cc2[N+](=O)[O-])o1)C(=O)Nc1ccccc1C(=O)O. The molecule has 154 valence electrons. The molecule has 0 unspecified atom stereocenters. The number of carboxylic acids is 1. The minimum absolute atomic E-state index is 0.0260. The van der Waals surface area contributed by atoms with E-state index in [9.17, 15) is 30.1 Å². The number of anilines is 1. The van der Waals surface area contributed by atoms with Crippen LogP contribution in [0.2, 0.25) is 5.02 Å². The number of furan rings is 1. The highest BCUT2D eigenvalue weighted by Crippen LogP contribution is 2.33. The monoisotopic (exact) mass is 437 g/mol. The standard InChI is InChI=1S/C21H12ClN3O6/c22-13-5-7-16(18(10-13)25(29)30)19-8-6-14(31-19)9-12(11-23)20(26)24-17-4-2-1-3-15(17)21(27)28/h1-10H,(H,24,26)(H,27,28). The zero-order valence-electron chi connectivity index (χ0n) is 15.5. The number of nitriles is 1. The molecule has 1 aromatic heterocycles. The van der Waals surface area contributed by atoms with E-state index in [1.807, 2.05) is 0 Å². The lowest BCUT2D eigenvalue weighted by molar-refractivity contribution is -0.384. The van der Waals surface area contributed by atoms with Gasteiger partial charge in [0.15, 0.2) is 0 Å². The maximum Gasteiger partial charge on any atom is 0.337 e. The van der Waals surface area contributed by atoms with E-state index in [4.69, 9.17) is 16.0 Å². The number of halogens is 1. The second-order valence-electron chi connectivity index (χ2n) is 6.10. The number of benzene rings is 2. The number of nitro benzene ring substituents is 1. The van der Waals surface area contributed by atoms with Crippen LogP contribution in [0.5, 0.6) is 0 Å². The van der Waals surface area contributed by atoms with E-state index in [1.54, 1.807) is 6.07 Å². The maximum atomic E-state index is 12.4. The van der Waals surface area contributed by atoms with Gasteiger partial charge in [-0.05, 0) is 36.4 Å². The summed E-state index contributed by atoms with van der Waals surface area (Å²) in [5.41, 5.74) is -0.554. The van der Waals surface area contributed by atoms with Crippen molar-refractivity contribution in [1.82, 2.24) is 0 Å². The average Bonchev–Trinajstić information content (AvgIpc) is 3.20. The second-order valence-corrected chi connectivity index (χ2v) is 6.53. The van der Waals surface area contributed by atoms with Crippen molar-refractivity contribution in [3.8, 4) is 17.4 Å². The largest absolute Gasteiger partial charge is 0.478 e. The molecule has 2 aromatic carbocycles. The summed E-state index contributed by atoms with van der Waals surface area (Å²) < 4.78 is 5.55. The van der Waals surface area contributed by atoms with Gasteiger partial charge in [0, 0.05) is 17.2 Å². The molecule has 2 N–H and O–H groups in total. The third kappa shape index (κ3) is 4.77. The van der Waals surface area contributed by atoms with Gasteiger partial charge in [0.2, 0.25) is 0 Å². The number of carboxylic acid groups (broad SMARTS) is 1. The molecule has 0 atom stereocenters. The van der Waals surface area contributed by atoms with Crippen molar-refractivity contribution in [3.05, 3.63) is 86.6 Å². The number of rotatable bonds is 6. The van der Waals surface area contributed by atoms with Crippen molar-refractivity contribution in [3.63, 3.8) is 0 Å². The van der Waals surface area contributed by atoms with Crippen molar-refractivity contribution in [2.24, 2.45) is 0 Å². The van der Waals surface area contributed by atoms with Crippen molar-refractivity contribution in [2.45, 2.75) is 0 Å². The molecule has 0 saturated heterocycles. The summed E-state index contributed by atoms with van der Waals surface area (Å²) in [6.07, 6.45) is 1.14. The summed E-state index contributed by atoms with van der Waals surface area (Å²) in [7, 11) is 0. The highest BCUT2D eigenvalue weighted by Gasteiger charge is 2.19. The molecule has 3 rings (SSSR count). The summed E-state index contributed by atoms with van der Waals surface area (Å²) in [6.45, 7) is 0. The Morgan fingerprint density at radius 3 is 2.61 bits per heavy atom. The minimum atomic E-state index is -1.24. The molecule has 0 aliphatic carbocycles. The fraction of sp³-hybridized carbons (Fsp3) is 0. The van der Waals surface area contributed by atoms with Crippen LogP contribution < -0.4 is 5.32 Å². The van der Waals surface area contributed by atoms with Gasteiger partial charge in [-0.2, -0.15) is 5.26 Å². The molecular formula is C21H12ClN3O6. The lowest BCUT2D eigenvalue weighted by Gasteiger charge is -2.07. The quantitative estimate of drug-likeness (QED) is 0.244. The van der Waals surface area contributed by atoms with E-state index in [2.05, 4.69) is 5.32 Å². The normalized spacial score (nSPS) is 10.9. The highest BCUT2D eigenvalue weighted by atomic mass is 35.5. The van der Waals surface area contributed by atoms with E-state index in [1.165, 1.54) is 54.6 Å². The van der Waals surface area contributed by atoms with E-state index < -0.39 is 16.8 Å². The lowest BCUT2D eigenvalue weighted by Crippen LogP contribution is -2.16. The Morgan fingerprint density at radius 1 is 1.19 bits per heavy atom. The van der Waals surface area contributed by atoms with Crippen LogP contribution in [-0.2, 0) is 4.79 Å². The van der Waals surface area contributed by atoms with Crippen LogP contribution in [0.3, 0.4) is 0 Å². The van der Waals surface area contributed by atoms with Gasteiger partial charge in [-0.25, -0.2) is 4.79 Å². The van der Waals surface area contributed by atoms with Gasteiger partial charge in [0.25, 0.3) is 11.6 Å². The topological polar surface area (TPSA) is 146 Å². The van der Waals surface area contributed by atoms with Gasteiger partial charge >= 0.3 is 5.97 Å². The fourth-order valence-electron chi connectivity index (χ4n) is 2.70. The van der Waals surface area contributed by atoms with E-state index >= 15 is 0 Å². The van der Waals surface area contributed by atoms with Gasteiger partial charge in [0.05, 0.1) is 21.7 Å². The first-order valence-electron chi connectivity index (χ1n) is 8.59. The fourth-order valence-corrected chi connectivity index (χ4v) is 2.86. The van der Waals surface area contributed by atoms with E-state index in [0.717, 1.165) is 6.08 Å². The second kappa shape index (κ2) is 8.94. The predicted molar refractivity (Wildman–Crippen MR) is 111 cm³/mol. The number of para-hydroxylation sites is 1. The number of aromatic carboxylic acids is 1. The molecule has 0 radical (unpaired) electrons. The molecule has 9 nitrogen and oxygen atoms in total. The number of nitrogens with one attached hydrogen (secondary N) is 1. The number of nitrogens with zero attached hydrogens (tertiary/aromatic N) is 2. The highest BCUT2D eigenvalue weighted by molar-refractivity contribution is 6.30. The first-order chi connectivity index (χ1) is 14.8. The Kier molecular flexibility index (Phi) is 6.14. The molecule has 0 fully saturated rings. The Morgan fingerprint density at radius 2 is 1.94 bits per heavy atom. The van der Waals surface area contributed by atoms with Gasteiger partial charge in [-0.15, -0.1) is 0 Å². The molecule has 3 aromatic rings. The van der Waals surface area contributed by atoms with Crippen molar-refractivity contribution in [1.29, 1.82) is 5.26 Å². The molecule has 31 heavy (non-hydrogen) atoms. The molecule has 0 aliphatic heterocycles. The number of carbonyl (C=O) groups is 2. The van der Waals surface area contributed by atoms with Crippen LogP contribution >= 0.6 is 11.6 Å². The molecule has 10 heteroatoms. The van der Waals surface area contributed by atoms with Gasteiger partial charge in [-0.1, -0.05) is 23.7 Å². The zero-order chi connectivity index (χ0) is 22.5. The van der Waals surface area contributed by atoms with Gasteiger partial charge in [0.1, 0.15) is 23.2 Å². The van der Waals surface area contributed by atoms with Gasteiger partial charge < -0.3 is 14.8 Å². The van der Waals surface area contributed by atoms with Crippen molar-refractivity contribution >= 4 is 40.9 Å². The molecule has 0 saturated carbocycles. The third-order valence-electron chi connectivity index (χ3n) is 4.11. The van der Waals surface area contributed by atoms with Crippen LogP contribution in [0.25, 0.3) is 17.4 Å². The van der Waals surface area contributed by atoms with E-state index in [0.29, 0.717) is 0 Å². The summed E-state index contributed by atoms with van der Waals surface area (Å²) in [4.78, 5) is 34.4. The average molecular weight is 438 g/mol. The molecule has 0 bridgehead atoms. The summed E-state index contributed by atoms with van der Waals surface area (Å²) in [5, 5.41) is 32.4. The van der Waals surface area contributed by atoms with Crippen LogP contribution in [0.1, 0.15) is 16.1 Å². The molecule has 0 aliphatic rings.